The van der Waals surface area contributed by atoms with Crippen LogP contribution in [0.2, 0.25) is 0 Å². The number of halogens is 2. The van der Waals surface area contributed by atoms with Crippen molar-refractivity contribution in [2.45, 2.75) is 25.1 Å². The van der Waals surface area contributed by atoms with Gasteiger partial charge in [-0.25, -0.2) is 0 Å². The molecule has 0 aliphatic rings. The number of alkyl halides is 1. The fourth-order valence-electron chi connectivity index (χ4n) is 1.90. The summed E-state index contributed by atoms with van der Waals surface area (Å²) in [7, 11) is 0. The summed E-state index contributed by atoms with van der Waals surface area (Å²) in [6.07, 6.45) is 1.01. The van der Waals surface area contributed by atoms with Gasteiger partial charge >= 0.3 is 0 Å². The summed E-state index contributed by atoms with van der Waals surface area (Å²) in [5.41, 5.74) is 5.40. The zero-order chi connectivity index (χ0) is 13.1. The van der Waals surface area contributed by atoms with Crippen molar-refractivity contribution >= 4 is 31.9 Å². The minimum atomic E-state index is 0.373. The summed E-state index contributed by atoms with van der Waals surface area (Å²) >= 11 is 7.25. The minimum Gasteiger partial charge on any atom is -0.0835 e. The summed E-state index contributed by atoms with van der Waals surface area (Å²) in [4.78, 5) is 0.373. The van der Waals surface area contributed by atoms with Crippen LogP contribution < -0.4 is 0 Å². The quantitative estimate of drug-likeness (QED) is 0.606. The third-order valence-electron chi connectivity index (χ3n) is 3.22. The van der Waals surface area contributed by atoms with E-state index in [-0.39, 0.29) is 0 Å². The summed E-state index contributed by atoms with van der Waals surface area (Å²) in [6, 6.07) is 15.2. The van der Waals surface area contributed by atoms with E-state index < -0.39 is 0 Å². The Morgan fingerprint density at radius 2 is 1.61 bits per heavy atom. The summed E-state index contributed by atoms with van der Waals surface area (Å²) < 4.78 is 1.13. The molecule has 0 nitrogen and oxygen atoms in total. The van der Waals surface area contributed by atoms with Crippen molar-refractivity contribution in [2.24, 2.45) is 0 Å². The van der Waals surface area contributed by atoms with Crippen molar-refractivity contribution in [3.05, 3.63) is 69.2 Å². The molecule has 2 rings (SSSR count). The second-order valence-electron chi connectivity index (χ2n) is 4.64. The first-order chi connectivity index (χ1) is 8.56. The molecule has 1 unspecified atom stereocenters. The minimum absolute atomic E-state index is 0.373. The van der Waals surface area contributed by atoms with Gasteiger partial charge in [0.25, 0.3) is 0 Å². The van der Waals surface area contributed by atoms with Gasteiger partial charge in [0.15, 0.2) is 0 Å². The second kappa shape index (κ2) is 6.03. The van der Waals surface area contributed by atoms with Crippen molar-refractivity contribution in [3.63, 3.8) is 0 Å². The molecule has 0 saturated heterocycles. The highest BCUT2D eigenvalue weighted by Crippen LogP contribution is 2.28. The van der Waals surface area contributed by atoms with Gasteiger partial charge in [-0.1, -0.05) is 62.2 Å². The lowest BCUT2D eigenvalue weighted by atomic mass is 10.0. The lowest BCUT2D eigenvalue weighted by Crippen LogP contribution is -1.96. The molecule has 94 valence electrons. The third-order valence-corrected chi connectivity index (χ3v) is 4.60. The lowest BCUT2D eigenvalue weighted by Gasteiger charge is -2.12. The zero-order valence-corrected chi connectivity index (χ0v) is 13.8. The van der Waals surface area contributed by atoms with Crippen LogP contribution in [-0.2, 0) is 6.42 Å². The summed E-state index contributed by atoms with van der Waals surface area (Å²) in [5.74, 6) is 0. The van der Waals surface area contributed by atoms with Gasteiger partial charge in [0, 0.05) is 9.30 Å². The van der Waals surface area contributed by atoms with Crippen molar-refractivity contribution in [1.29, 1.82) is 0 Å². The smallest absolute Gasteiger partial charge is 0.0435 e. The number of benzene rings is 2. The van der Waals surface area contributed by atoms with Crippen LogP contribution in [0.4, 0.5) is 0 Å². The molecule has 2 aromatic carbocycles. The second-order valence-corrected chi connectivity index (χ2v) is 6.66. The molecule has 0 aliphatic heterocycles. The van der Waals surface area contributed by atoms with Gasteiger partial charge in [-0.15, -0.1) is 0 Å². The molecule has 2 aromatic rings. The third kappa shape index (κ3) is 3.46. The van der Waals surface area contributed by atoms with Crippen LogP contribution >= 0.6 is 31.9 Å². The molecule has 0 fully saturated rings. The van der Waals surface area contributed by atoms with Crippen LogP contribution in [0.15, 0.2) is 46.9 Å². The van der Waals surface area contributed by atoms with E-state index in [1.54, 1.807) is 0 Å². The molecule has 0 bridgehead atoms. The molecule has 0 heterocycles. The van der Waals surface area contributed by atoms with E-state index >= 15 is 0 Å². The van der Waals surface area contributed by atoms with Crippen molar-refractivity contribution in [2.75, 3.05) is 0 Å². The van der Waals surface area contributed by atoms with Crippen LogP contribution in [-0.4, -0.2) is 0 Å². The maximum Gasteiger partial charge on any atom is 0.0435 e. The van der Waals surface area contributed by atoms with E-state index in [0.717, 1.165) is 10.9 Å². The van der Waals surface area contributed by atoms with E-state index in [4.69, 9.17) is 0 Å². The van der Waals surface area contributed by atoms with E-state index in [1.807, 2.05) is 0 Å². The first-order valence-corrected chi connectivity index (χ1v) is 7.73. The number of rotatable bonds is 3. The fraction of sp³-hybridized carbons (Fsp3) is 0.250. The lowest BCUT2D eigenvalue weighted by molar-refractivity contribution is 0.945. The first kappa shape index (κ1) is 13.8. The highest BCUT2D eigenvalue weighted by atomic mass is 79.9. The summed E-state index contributed by atoms with van der Waals surface area (Å²) in [6.45, 7) is 4.31. The highest BCUT2D eigenvalue weighted by molar-refractivity contribution is 9.10. The topological polar surface area (TPSA) is 0 Å². The molecule has 0 aliphatic carbocycles. The molecule has 18 heavy (non-hydrogen) atoms. The molecule has 0 aromatic heterocycles. The Balaban J connectivity index is 2.13. The van der Waals surface area contributed by atoms with Gasteiger partial charge in [0.1, 0.15) is 0 Å². The molecule has 0 saturated carbocycles. The van der Waals surface area contributed by atoms with Crippen LogP contribution in [0.5, 0.6) is 0 Å². The van der Waals surface area contributed by atoms with Gasteiger partial charge in [-0.05, 0) is 54.7 Å². The van der Waals surface area contributed by atoms with Crippen LogP contribution in [0.1, 0.15) is 27.1 Å². The van der Waals surface area contributed by atoms with Gasteiger partial charge in [-0.3, -0.25) is 0 Å². The van der Waals surface area contributed by atoms with Crippen LogP contribution in [0.3, 0.4) is 0 Å². The van der Waals surface area contributed by atoms with Crippen molar-refractivity contribution in [1.82, 2.24) is 0 Å². The molecule has 2 heteroatoms. The number of hydrogen-bond acceptors (Lipinski definition) is 0. The Morgan fingerprint density at radius 3 is 2.22 bits per heavy atom. The first-order valence-electron chi connectivity index (χ1n) is 6.02. The summed E-state index contributed by atoms with van der Waals surface area (Å²) in [5, 5.41) is 0. The van der Waals surface area contributed by atoms with Gasteiger partial charge in [-0.2, -0.15) is 0 Å². The van der Waals surface area contributed by atoms with Gasteiger partial charge in [0.2, 0.25) is 0 Å². The Labute approximate surface area is 126 Å². The van der Waals surface area contributed by atoms with Gasteiger partial charge in [0.05, 0.1) is 0 Å². The number of hydrogen-bond donors (Lipinski definition) is 0. The van der Waals surface area contributed by atoms with E-state index in [1.165, 1.54) is 22.3 Å². The predicted octanol–water partition coefficient (Wildman–Crippen LogP) is 5.74. The van der Waals surface area contributed by atoms with E-state index in [0.29, 0.717) is 4.83 Å². The zero-order valence-electron chi connectivity index (χ0n) is 10.6. The van der Waals surface area contributed by atoms with Crippen LogP contribution in [0.25, 0.3) is 0 Å². The molecule has 0 radical (unpaired) electrons. The number of aryl methyl sites for hydroxylation is 2. The molecule has 1 atom stereocenters. The SMILES string of the molecule is Cc1ccc(C(Br)Cc2ccc(Br)cc2)cc1C. The molecular weight excluding hydrogens is 352 g/mol. The van der Waals surface area contributed by atoms with Gasteiger partial charge < -0.3 is 0 Å². The maximum atomic E-state index is 3.79. The normalized spacial score (nSPS) is 12.4. The molecule has 0 N–H and O–H groups in total. The molecule has 0 spiro atoms. The Bertz CT molecular complexity index is 529. The van der Waals surface area contributed by atoms with Crippen molar-refractivity contribution < 1.29 is 0 Å². The fourth-order valence-corrected chi connectivity index (χ4v) is 2.83. The standard InChI is InChI=1S/C16H16Br2/c1-11-3-6-14(9-12(11)2)16(18)10-13-4-7-15(17)8-5-13/h3-9,16H,10H2,1-2H3. The average Bonchev–Trinajstić information content (AvgIpc) is 2.35. The predicted molar refractivity (Wildman–Crippen MR) is 85.4 cm³/mol. The largest absolute Gasteiger partial charge is 0.0835 e. The monoisotopic (exact) mass is 366 g/mol. The molecular formula is C16H16Br2. The highest BCUT2D eigenvalue weighted by Gasteiger charge is 2.09. The Hall–Kier alpha value is -0.600. The molecule has 0 amide bonds. The average molecular weight is 368 g/mol. The van der Waals surface area contributed by atoms with Crippen LogP contribution in [0, 0.1) is 13.8 Å². The Kier molecular flexibility index (Phi) is 4.63. The Morgan fingerprint density at radius 1 is 0.944 bits per heavy atom. The van der Waals surface area contributed by atoms with Crippen molar-refractivity contribution in [3.8, 4) is 0 Å². The van der Waals surface area contributed by atoms with E-state index in [2.05, 4.69) is 88.2 Å². The maximum absolute atomic E-state index is 3.79. The van der Waals surface area contributed by atoms with E-state index in [9.17, 15) is 0 Å².